The Kier molecular flexibility index (Phi) is 6.60. The van der Waals surface area contributed by atoms with E-state index in [0.29, 0.717) is 31.2 Å². The Bertz CT molecular complexity index is 371. The van der Waals surface area contributed by atoms with Crippen LogP contribution in [0, 0.1) is 0 Å². The molecule has 0 heterocycles. The minimum Gasteiger partial charge on any atom is -0.447 e. The number of anilines is 2. The lowest BCUT2D eigenvalue weighted by Crippen LogP contribution is -2.17. The van der Waals surface area contributed by atoms with Crippen LogP contribution < -0.4 is 11.1 Å². The van der Waals surface area contributed by atoms with Gasteiger partial charge in [-0.15, -0.1) is 0 Å². The fourth-order valence-electron chi connectivity index (χ4n) is 1.21. The average molecular weight is 254 g/mol. The summed E-state index contributed by atoms with van der Waals surface area (Å²) in [6, 6.07) is 6.86. The third-order valence-corrected chi connectivity index (χ3v) is 2.03. The van der Waals surface area contributed by atoms with Gasteiger partial charge in [-0.2, -0.15) is 0 Å². The Hall–Kier alpha value is -1.79. The first kappa shape index (κ1) is 14.3. The molecule has 6 heteroatoms. The van der Waals surface area contributed by atoms with Crippen molar-refractivity contribution in [2.75, 3.05) is 44.6 Å². The zero-order chi connectivity index (χ0) is 13.2. The van der Waals surface area contributed by atoms with Crippen molar-refractivity contribution >= 4 is 17.5 Å². The minimum absolute atomic E-state index is 0.192. The smallest absolute Gasteiger partial charge is 0.411 e. The van der Waals surface area contributed by atoms with E-state index in [2.05, 4.69) is 5.32 Å². The van der Waals surface area contributed by atoms with Crippen LogP contribution in [0.25, 0.3) is 0 Å². The number of nitrogens with one attached hydrogen (secondary N) is 1. The molecule has 0 atom stereocenters. The molecule has 1 rings (SSSR count). The maximum Gasteiger partial charge on any atom is 0.411 e. The SMILES string of the molecule is COCCOCCOC(=O)Nc1cccc(N)c1. The normalized spacial score (nSPS) is 10.1. The molecule has 0 spiro atoms. The summed E-state index contributed by atoms with van der Waals surface area (Å²) in [5.41, 5.74) is 6.76. The molecule has 18 heavy (non-hydrogen) atoms. The summed E-state index contributed by atoms with van der Waals surface area (Å²) in [5, 5.41) is 2.56. The number of hydrogen-bond donors (Lipinski definition) is 2. The Labute approximate surface area is 106 Å². The van der Waals surface area contributed by atoms with E-state index in [0.717, 1.165) is 0 Å². The van der Waals surface area contributed by atoms with Gasteiger partial charge in [-0.05, 0) is 18.2 Å². The molecule has 0 saturated carbocycles. The zero-order valence-electron chi connectivity index (χ0n) is 10.3. The first-order valence-electron chi connectivity index (χ1n) is 5.58. The molecule has 6 nitrogen and oxygen atoms in total. The quantitative estimate of drug-likeness (QED) is 0.569. The van der Waals surface area contributed by atoms with E-state index < -0.39 is 6.09 Å². The van der Waals surface area contributed by atoms with Gasteiger partial charge < -0.3 is 19.9 Å². The van der Waals surface area contributed by atoms with Crippen LogP contribution in [0.1, 0.15) is 0 Å². The fourth-order valence-corrected chi connectivity index (χ4v) is 1.21. The van der Waals surface area contributed by atoms with Crippen molar-refractivity contribution in [3.63, 3.8) is 0 Å². The van der Waals surface area contributed by atoms with E-state index in [-0.39, 0.29) is 6.61 Å². The number of nitrogens with two attached hydrogens (primary N) is 1. The van der Waals surface area contributed by atoms with Crippen LogP contribution >= 0.6 is 0 Å². The van der Waals surface area contributed by atoms with E-state index in [1.54, 1.807) is 31.4 Å². The molecule has 0 aliphatic heterocycles. The summed E-state index contributed by atoms with van der Waals surface area (Å²) in [5.74, 6) is 0. The number of nitrogen functional groups attached to an aromatic ring is 1. The third-order valence-electron chi connectivity index (χ3n) is 2.03. The second-order valence-corrected chi connectivity index (χ2v) is 3.49. The maximum atomic E-state index is 11.4. The van der Waals surface area contributed by atoms with Gasteiger partial charge >= 0.3 is 6.09 Å². The summed E-state index contributed by atoms with van der Waals surface area (Å²) >= 11 is 0. The van der Waals surface area contributed by atoms with Crippen LogP contribution in [-0.2, 0) is 14.2 Å². The molecule has 1 amide bonds. The number of hydrogen-bond acceptors (Lipinski definition) is 5. The van der Waals surface area contributed by atoms with Gasteiger partial charge in [-0.25, -0.2) is 4.79 Å². The Morgan fingerprint density at radius 3 is 2.78 bits per heavy atom. The van der Waals surface area contributed by atoms with Gasteiger partial charge in [0.15, 0.2) is 0 Å². The van der Waals surface area contributed by atoms with Gasteiger partial charge in [0, 0.05) is 18.5 Å². The van der Waals surface area contributed by atoms with E-state index in [1.165, 1.54) is 0 Å². The number of benzene rings is 1. The molecule has 0 fully saturated rings. The van der Waals surface area contributed by atoms with Gasteiger partial charge in [0.2, 0.25) is 0 Å². The first-order chi connectivity index (χ1) is 8.72. The van der Waals surface area contributed by atoms with Crippen LogP contribution in [0.15, 0.2) is 24.3 Å². The minimum atomic E-state index is -0.532. The summed E-state index contributed by atoms with van der Waals surface area (Å²) < 4.78 is 14.9. The summed E-state index contributed by atoms with van der Waals surface area (Å²) in [4.78, 5) is 11.4. The number of carbonyl (C=O) groups excluding carboxylic acids is 1. The Balaban J connectivity index is 2.14. The van der Waals surface area contributed by atoms with Crippen molar-refractivity contribution in [3.8, 4) is 0 Å². The molecule has 1 aromatic rings. The number of ether oxygens (including phenoxy) is 3. The lowest BCUT2D eigenvalue weighted by atomic mass is 10.3. The first-order valence-corrected chi connectivity index (χ1v) is 5.58. The second-order valence-electron chi connectivity index (χ2n) is 3.49. The van der Waals surface area contributed by atoms with E-state index in [9.17, 15) is 4.79 Å². The number of amides is 1. The standard InChI is InChI=1S/C12H18N2O4/c1-16-5-6-17-7-8-18-12(15)14-11-4-2-3-10(13)9-11/h2-4,9H,5-8,13H2,1H3,(H,14,15). The van der Waals surface area contributed by atoms with Gasteiger partial charge in [0.1, 0.15) is 6.61 Å². The molecular formula is C12H18N2O4. The summed E-state index contributed by atoms with van der Waals surface area (Å²) in [6.07, 6.45) is -0.532. The molecule has 0 radical (unpaired) electrons. The van der Waals surface area contributed by atoms with Crippen LogP contribution in [0.4, 0.5) is 16.2 Å². The maximum absolute atomic E-state index is 11.4. The summed E-state index contributed by atoms with van der Waals surface area (Å²) in [7, 11) is 1.60. The van der Waals surface area contributed by atoms with Crippen LogP contribution in [-0.4, -0.2) is 39.6 Å². The van der Waals surface area contributed by atoms with Gasteiger partial charge in [-0.1, -0.05) is 6.07 Å². The second kappa shape index (κ2) is 8.32. The number of rotatable bonds is 7. The topological polar surface area (TPSA) is 82.8 Å². The largest absolute Gasteiger partial charge is 0.447 e. The van der Waals surface area contributed by atoms with Gasteiger partial charge in [0.25, 0.3) is 0 Å². The van der Waals surface area contributed by atoms with Crippen molar-refractivity contribution in [2.45, 2.75) is 0 Å². The van der Waals surface area contributed by atoms with Gasteiger partial charge in [0.05, 0.1) is 19.8 Å². The molecule has 0 aliphatic rings. The van der Waals surface area contributed by atoms with Crippen LogP contribution in [0.3, 0.4) is 0 Å². The number of methoxy groups -OCH3 is 1. The molecule has 100 valence electrons. The molecule has 0 aromatic heterocycles. The Morgan fingerprint density at radius 1 is 1.28 bits per heavy atom. The summed E-state index contributed by atoms with van der Waals surface area (Å²) in [6.45, 7) is 1.54. The van der Waals surface area contributed by atoms with Crippen molar-refractivity contribution in [1.29, 1.82) is 0 Å². The highest BCUT2D eigenvalue weighted by Crippen LogP contribution is 2.11. The predicted molar refractivity (Wildman–Crippen MR) is 68.5 cm³/mol. The molecule has 3 N–H and O–H groups in total. The van der Waals surface area contributed by atoms with Crippen LogP contribution in [0.2, 0.25) is 0 Å². The van der Waals surface area contributed by atoms with Crippen LogP contribution in [0.5, 0.6) is 0 Å². The fraction of sp³-hybridized carbons (Fsp3) is 0.417. The van der Waals surface area contributed by atoms with Crippen molar-refractivity contribution < 1.29 is 19.0 Å². The van der Waals surface area contributed by atoms with Gasteiger partial charge in [-0.3, -0.25) is 5.32 Å². The molecule has 0 unspecified atom stereocenters. The third kappa shape index (κ3) is 6.07. The molecule has 1 aromatic carbocycles. The molecular weight excluding hydrogens is 236 g/mol. The van der Waals surface area contributed by atoms with E-state index >= 15 is 0 Å². The molecule has 0 aliphatic carbocycles. The zero-order valence-corrected chi connectivity index (χ0v) is 10.3. The Morgan fingerprint density at radius 2 is 2.06 bits per heavy atom. The highest BCUT2D eigenvalue weighted by molar-refractivity contribution is 5.85. The predicted octanol–water partition coefficient (Wildman–Crippen LogP) is 1.48. The van der Waals surface area contributed by atoms with E-state index in [4.69, 9.17) is 19.9 Å². The highest BCUT2D eigenvalue weighted by Gasteiger charge is 2.02. The van der Waals surface area contributed by atoms with E-state index in [1.807, 2.05) is 0 Å². The monoisotopic (exact) mass is 254 g/mol. The average Bonchev–Trinajstić information content (AvgIpc) is 2.33. The van der Waals surface area contributed by atoms with Crippen molar-refractivity contribution in [3.05, 3.63) is 24.3 Å². The molecule has 0 saturated heterocycles. The highest BCUT2D eigenvalue weighted by atomic mass is 16.6. The van der Waals surface area contributed by atoms with Crippen molar-refractivity contribution in [2.24, 2.45) is 0 Å². The lowest BCUT2D eigenvalue weighted by molar-refractivity contribution is 0.0447. The molecule has 0 bridgehead atoms. The number of carbonyl (C=O) groups is 1. The van der Waals surface area contributed by atoms with Crippen molar-refractivity contribution in [1.82, 2.24) is 0 Å². The lowest BCUT2D eigenvalue weighted by Gasteiger charge is -2.07.